The number of nitrogens with two attached hydrogens (primary N) is 1. The molecule has 1 rings (SSSR count). The third-order valence-corrected chi connectivity index (χ3v) is 2.15. The molecule has 0 fully saturated rings. The molecule has 0 heterocycles. The second-order valence-electron chi connectivity index (χ2n) is 3.25. The van der Waals surface area contributed by atoms with Crippen LogP contribution in [0, 0.1) is 5.82 Å². The van der Waals surface area contributed by atoms with Crippen LogP contribution in [0.15, 0.2) is 18.2 Å². The van der Waals surface area contributed by atoms with E-state index in [9.17, 15) is 9.18 Å². The number of carbonyl (C=O) groups excluding carboxylic acids is 1. The van der Waals surface area contributed by atoms with E-state index >= 15 is 0 Å². The fraction of sp³-hybridized carbons (Fsp3) is 0.300. The number of benzene rings is 1. The standard InChI is InChI=1S/C10H12ClFN2O.ClH/c1-6(13)10(15)14-5-7-2-3-9(12)8(11)4-7;/h2-4,6H,5,13H2,1H3,(H,14,15);1H/t6-;/m1./s1. The van der Waals surface area contributed by atoms with Crippen molar-refractivity contribution < 1.29 is 9.18 Å². The summed E-state index contributed by atoms with van der Waals surface area (Å²) < 4.78 is 12.8. The summed E-state index contributed by atoms with van der Waals surface area (Å²) in [5.74, 6) is -0.727. The van der Waals surface area contributed by atoms with Gasteiger partial charge in [-0.25, -0.2) is 4.39 Å². The molecule has 0 unspecified atom stereocenters. The van der Waals surface area contributed by atoms with E-state index in [2.05, 4.69) is 5.32 Å². The smallest absolute Gasteiger partial charge is 0.236 e. The molecule has 1 aromatic rings. The molecular weight excluding hydrogens is 254 g/mol. The van der Waals surface area contributed by atoms with Gasteiger partial charge in [-0.15, -0.1) is 12.4 Å². The number of hydrogen-bond donors (Lipinski definition) is 2. The van der Waals surface area contributed by atoms with Crippen LogP contribution in [0.4, 0.5) is 4.39 Å². The van der Waals surface area contributed by atoms with Gasteiger partial charge in [0, 0.05) is 6.54 Å². The summed E-state index contributed by atoms with van der Waals surface area (Å²) in [7, 11) is 0. The van der Waals surface area contributed by atoms with Gasteiger partial charge in [-0.3, -0.25) is 4.79 Å². The topological polar surface area (TPSA) is 55.1 Å². The quantitative estimate of drug-likeness (QED) is 0.878. The molecular formula is C10H13Cl2FN2O. The lowest BCUT2D eigenvalue weighted by molar-refractivity contribution is -0.122. The van der Waals surface area contributed by atoms with Gasteiger partial charge < -0.3 is 11.1 Å². The van der Waals surface area contributed by atoms with E-state index in [0.717, 1.165) is 5.56 Å². The van der Waals surface area contributed by atoms with Crippen molar-refractivity contribution in [2.75, 3.05) is 0 Å². The van der Waals surface area contributed by atoms with Gasteiger partial charge in [0.2, 0.25) is 5.91 Å². The molecule has 0 aromatic heterocycles. The summed E-state index contributed by atoms with van der Waals surface area (Å²) in [4.78, 5) is 11.1. The average molecular weight is 267 g/mol. The van der Waals surface area contributed by atoms with Crippen LogP contribution in [0.1, 0.15) is 12.5 Å². The number of rotatable bonds is 3. The Kier molecular flexibility index (Phi) is 6.33. The van der Waals surface area contributed by atoms with Crippen molar-refractivity contribution >= 4 is 29.9 Å². The summed E-state index contributed by atoms with van der Waals surface area (Å²) in [5, 5.41) is 2.64. The van der Waals surface area contributed by atoms with Crippen LogP contribution < -0.4 is 11.1 Å². The third-order valence-electron chi connectivity index (χ3n) is 1.86. The fourth-order valence-corrected chi connectivity index (χ4v) is 1.20. The van der Waals surface area contributed by atoms with Crippen molar-refractivity contribution in [2.45, 2.75) is 19.5 Å². The summed E-state index contributed by atoms with van der Waals surface area (Å²) in [6, 6.07) is 3.73. The minimum absolute atomic E-state index is 0. The number of amides is 1. The highest BCUT2D eigenvalue weighted by Gasteiger charge is 2.07. The van der Waals surface area contributed by atoms with Crippen LogP contribution in [0.25, 0.3) is 0 Å². The van der Waals surface area contributed by atoms with E-state index in [4.69, 9.17) is 17.3 Å². The minimum atomic E-state index is -0.555. The highest BCUT2D eigenvalue weighted by molar-refractivity contribution is 6.30. The first-order valence-corrected chi connectivity index (χ1v) is 4.85. The number of nitrogens with one attached hydrogen (secondary N) is 1. The molecule has 0 bridgehead atoms. The Bertz CT molecular complexity index is 372. The van der Waals surface area contributed by atoms with Gasteiger partial charge in [0.05, 0.1) is 11.1 Å². The Labute approximate surface area is 105 Å². The molecule has 0 saturated carbocycles. The van der Waals surface area contributed by atoms with E-state index in [1.807, 2.05) is 0 Å². The summed E-state index contributed by atoms with van der Waals surface area (Å²) in [5.41, 5.74) is 6.09. The van der Waals surface area contributed by atoms with E-state index in [1.165, 1.54) is 12.1 Å². The zero-order valence-electron chi connectivity index (χ0n) is 8.67. The zero-order valence-corrected chi connectivity index (χ0v) is 10.2. The Hall–Kier alpha value is -0.840. The number of hydrogen-bond acceptors (Lipinski definition) is 2. The van der Waals surface area contributed by atoms with Crippen molar-refractivity contribution in [3.8, 4) is 0 Å². The molecule has 16 heavy (non-hydrogen) atoms. The highest BCUT2D eigenvalue weighted by atomic mass is 35.5. The van der Waals surface area contributed by atoms with Gasteiger partial charge in [0.25, 0.3) is 0 Å². The molecule has 1 amide bonds. The van der Waals surface area contributed by atoms with Gasteiger partial charge in [-0.2, -0.15) is 0 Å². The SMILES string of the molecule is C[C@@H](N)C(=O)NCc1ccc(F)c(Cl)c1.Cl. The summed E-state index contributed by atoms with van der Waals surface area (Å²) >= 11 is 5.58. The Morgan fingerprint density at radius 2 is 2.25 bits per heavy atom. The molecule has 0 aliphatic heterocycles. The van der Waals surface area contributed by atoms with Crippen molar-refractivity contribution in [3.05, 3.63) is 34.6 Å². The Balaban J connectivity index is 0.00000225. The minimum Gasteiger partial charge on any atom is -0.351 e. The predicted molar refractivity (Wildman–Crippen MR) is 64.2 cm³/mol. The Morgan fingerprint density at radius 1 is 1.62 bits per heavy atom. The highest BCUT2D eigenvalue weighted by Crippen LogP contribution is 2.15. The van der Waals surface area contributed by atoms with Crippen molar-refractivity contribution in [1.29, 1.82) is 0 Å². The van der Waals surface area contributed by atoms with Crippen LogP contribution in [-0.2, 0) is 11.3 Å². The molecule has 6 heteroatoms. The monoisotopic (exact) mass is 266 g/mol. The van der Waals surface area contributed by atoms with Crippen LogP contribution >= 0.6 is 24.0 Å². The lowest BCUT2D eigenvalue weighted by Crippen LogP contribution is -2.37. The van der Waals surface area contributed by atoms with E-state index in [-0.39, 0.29) is 23.3 Å². The summed E-state index contributed by atoms with van der Waals surface area (Å²) in [6.07, 6.45) is 0. The molecule has 3 N–H and O–H groups in total. The molecule has 0 radical (unpaired) electrons. The number of carbonyl (C=O) groups is 1. The van der Waals surface area contributed by atoms with Crippen molar-refractivity contribution in [3.63, 3.8) is 0 Å². The molecule has 0 aliphatic carbocycles. The Morgan fingerprint density at radius 3 is 2.75 bits per heavy atom. The summed E-state index contributed by atoms with van der Waals surface area (Å²) in [6.45, 7) is 1.88. The maximum Gasteiger partial charge on any atom is 0.236 e. The third kappa shape index (κ3) is 4.35. The maximum absolute atomic E-state index is 12.8. The molecule has 0 aliphatic rings. The molecule has 0 spiro atoms. The second-order valence-corrected chi connectivity index (χ2v) is 3.66. The van der Waals surface area contributed by atoms with Crippen LogP contribution in [-0.4, -0.2) is 11.9 Å². The van der Waals surface area contributed by atoms with Gasteiger partial charge in [0.15, 0.2) is 0 Å². The van der Waals surface area contributed by atoms with Gasteiger partial charge in [0.1, 0.15) is 5.82 Å². The molecule has 1 atom stereocenters. The average Bonchev–Trinajstić information content (AvgIpc) is 2.19. The van der Waals surface area contributed by atoms with Crippen LogP contribution in [0.2, 0.25) is 5.02 Å². The molecule has 3 nitrogen and oxygen atoms in total. The van der Waals surface area contributed by atoms with E-state index in [0.29, 0.717) is 6.54 Å². The van der Waals surface area contributed by atoms with Gasteiger partial charge in [-0.1, -0.05) is 17.7 Å². The normalized spacial score (nSPS) is 11.5. The maximum atomic E-state index is 12.8. The first-order chi connectivity index (χ1) is 7.00. The molecule has 90 valence electrons. The van der Waals surface area contributed by atoms with E-state index < -0.39 is 11.9 Å². The lowest BCUT2D eigenvalue weighted by Gasteiger charge is -2.07. The second kappa shape index (κ2) is 6.68. The van der Waals surface area contributed by atoms with Gasteiger partial charge >= 0.3 is 0 Å². The first-order valence-electron chi connectivity index (χ1n) is 4.48. The zero-order chi connectivity index (χ0) is 11.4. The van der Waals surface area contributed by atoms with Gasteiger partial charge in [-0.05, 0) is 24.6 Å². The number of halogens is 3. The first kappa shape index (κ1) is 15.2. The van der Waals surface area contributed by atoms with E-state index in [1.54, 1.807) is 13.0 Å². The largest absolute Gasteiger partial charge is 0.351 e. The van der Waals surface area contributed by atoms with Crippen molar-refractivity contribution in [1.82, 2.24) is 5.32 Å². The van der Waals surface area contributed by atoms with Crippen molar-refractivity contribution in [2.24, 2.45) is 5.73 Å². The predicted octanol–water partition coefficient (Wildman–Crippen LogP) is 1.86. The molecule has 0 saturated heterocycles. The fourth-order valence-electron chi connectivity index (χ4n) is 1.000. The lowest BCUT2D eigenvalue weighted by atomic mass is 10.2. The van der Waals surface area contributed by atoms with Crippen LogP contribution in [0.5, 0.6) is 0 Å². The van der Waals surface area contributed by atoms with Crippen LogP contribution in [0.3, 0.4) is 0 Å². The molecule has 1 aromatic carbocycles.